The summed E-state index contributed by atoms with van der Waals surface area (Å²) < 4.78 is 19.0. The molecule has 138 valence electrons. The Bertz CT molecular complexity index is 1130. The van der Waals surface area contributed by atoms with Gasteiger partial charge in [-0.2, -0.15) is 0 Å². The molecule has 0 spiro atoms. The normalized spacial score (nSPS) is 11.4. The van der Waals surface area contributed by atoms with Gasteiger partial charge < -0.3 is 15.8 Å². The average molecular weight is 371 g/mol. The summed E-state index contributed by atoms with van der Waals surface area (Å²) in [4.78, 5) is 4.63. The van der Waals surface area contributed by atoms with Gasteiger partial charge in [0.1, 0.15) is 17.3 Å². The number of aromatic nitrogens is 1. The first-order valence-electron chi connectivity index (χ1n) is 8.80. The average Bonchev–Trinajstić information content (AvgIpc) is 2.74. The van der Waals surface area contributed by atoms with Gasteiger partial charge in [0, 0.05) is 17.3 Å². The van der Waals surface area contributed by atoms with Gasteiger partial charge in [-0.25, -0.2) is 9.37 Å². The highest BCUT2D eigenvalue weighted by atomic mass is 19.1. The molecule has 3 aromatic carbocycles. The Kier molecular flexibility index (Phi) is 4.89. The first kappa shape index (κ1) is 17.5. The van der Waals surface area contributed by atoms with Gasteiger partial charge in [0.2, 0.25) is 0 Å². The van der Waals surface area contributed by atoms with Crippen LogP contribution in [0.5, 0.6) is 11.5 Å². The van der Waals surface area contributed by atoms with Gasteiger partial charge in [-0.3, -0.25) is 0 Å². The Morgan fingerprint density at radius 3 is 2.46 bits per heavy atom. The number of nitrogens with two attached hydrogens (primary N) is 1. The number of nitrogens with zero attached hydrogens (tertiary/aromatic N) is 1. The predicted octanol–water partition coefficient (Wildman–Crippen LogP) is 5.54. The molecule has 0 amide bonds. The number of pyridine rings is 1. The third-order valence-corrected chi connectivity index (χ3v) is 4.20. The maximum absolute atomic E-state index is 13.0. The lowest BCUT2D eigenvalue weighted by Gasteiger charge is -2.10. The lowest BCUT2D eigenvalue weighted by atomic mass is 10.1. The molecule has 0 aliphatic carbocycles. The van der Waals surface area contributed by atoms with Crippen molar-refractivity contribution in [3.05, 3.63) is 103 Å². The minimum absolute atomic E-state index is 0.285. The van der Waals surface area contributed by atoms with E-state index >= 15 is 0 Å². The number of hydrogen-bond donors (Lipinski definition) is 2. The van der Waals surface area contributed by atoms with Crippen LogP contribution in [0.15, 0.2) is 91.1 Å². The van der Waals surface area contributed by atoms with E-state index in [4.69, 9.17) is 10.5 Å². The van der Waals surface area contributed by atoms with Crippen LogP contribution in [-0.4, -0.2) is 4.98 Å². The zero-order chi connectivity index (χ0) is 19.3. The number of para-hydroxylation sites is 1. The summed E-state index contributed by atoms with van der Waals surface area (Å²) in [5.41, 5.74) is 8.79. The molecule has 0 aliphatic heterocycles. The molecule has 0 saturated carbocycles. The highest BCUT2D eigenvalue weighted by Gasteiger charge is 2.07. The molecule has 0 saturated heterocycles. The van der Waals surface area contributed by atoms with Gasteiger partial charge in [0.25, 0.3) is 0 Å². The number of anilines is 1. The number of halogens is 1. The molecular weight excluding hydrogens is 353 g/mol. The van der Waals surface area contributed by atoms with E-state index in [0.29, 0.717) is 11.4 Å². The number of fused-ring (bicyclic) bond motifs is 1. The SMILES string of the molecule is N/C(=C\Nc1ccc(F)cc1)c1ccc2c(Oc3ccccc3)cccc2n1. The first-order chi connectivity index (χ1) is 13.7. The molecule has 0 atom stereocenters. The van der Waals surface area contributed by atoms with E-state index in [1.165, 1.54) is 12.1 Å². The Morgan fingerprint density at radius 1 is 0.893 bits per heavy atom. The summed E-state index contributed by atoms with van der Waals surface area (Å²) in [6.45, 7) is 0. The first-order valence-corrected chi connectivity index (χ1v) is 8.80. The smallest absolute Gasteiger partial charge is 0.136 e. The third-order valence-electron chi connectivity index (χ3n) is 4.20. The monoisotopic (exact) mass is 371 g/mol. The largest absolute Gasteiger partial charge is 0.457 e. The third kappa shape index (κ3) is 3.94. The minimum Gasteiger partial charge on any atom is -0.457 e. The minimum atomic E-state index is -0.285. The van der Waals surface area contributed by atoms with E-state index in [9.17, 15) is 4.39 Å². The fourth-order valence-electron chi connectivity index (χ4n) is 2.77. The van der Waals surface area contributed by atoms with Gasteiger partial charge >= 0.3 is 0 Å². The molecule has 0 unspecified atom stereocenters. The molecule has 0 radical (unpaired) electrons. The van der Waals surface area contributed by atoms with E-state index in [-0.39, 0.29) is 5.82 Å². The van der Waals surface area contributed by atoms with Crippen molar-refractivity contribution >= 4 is 22.3 Å². The van der Waals surface area contributed by atoms with Crippen LogP contribution in [0.4, 0.5) is 10.1 Å². The summed E-state index contributed by atoms with van der Waals surface area (Å²) in [7, 11) is 0. The molecule has 0 bridgehead atoms. The van der Waals surface area contributed by atoms with Crippen molar-refractivity contribution in [2.75, 3.05) is 5.32 Å². The van der Waals surface area contributed by atoms with Crippen LogP contribution < -0.4 is 15.8 Å². The maximum atomic E-state index is 13.0. The molecular formula is C23H18FN3O. The van der Waals surface area contributed by atoms with Crippen LogP contribution in [0.25, 0.3) is 16.6 Å². The van der Waals surface area contributed by atoms with E-state index in [1.54, 1.807) is 18.3 Å². The zero-order valence-electron chi connectivity index (χ0n) is 15.0. The topological polar surface area (TPSA) is 60.2 Å². The summed E-state index contributed by atoms with van der Waals surface area (Å²) >= 11 is 0. The maximum Gasteiger partial charge on any atom is 0.136 e. The molecule has 5 heteroatoms. The lowest BCUT2D eigenvalue weighted by Crippen LogP contribution is -2.02. The van der Waals surface area contributed by atoms with Crippen LogP contribution in [0.2, 0.25) is 0 Å². The van der Waals surface area contributed by atoms with E-state index in [0.717, 1.165) is 28.1 Å². The van der Waals surface area contributed by atoms with Crippen LogP contribution in [0.3, 0.4) is 0 Å². The highest BCUT2D eigenvalue weighted by molar-refractivity contribution is 5.86. The van der Waals surface area contributed by atoms with E-state index in [2.05, 4.69) is 10.3 Å². The Balaban J connectivity index is 1.59. The van der Waals surface area contributed by atoms with Gasteiger partial charge in [-0.05, 0) is 60.7 Å². The van der Waals surface area contributed by atoms with Crippen LogP contribution in [-0.2, 0) is 0 Å². The molecule has 0 aliphatic rings. The number of ether oxygens (including phenoxy) is 1. The summed E-state index contributed by atoms with van der Waals surface area (Å²) in [5, 5.41) is 3.94. The molecule has 0 fully saturated rings. The van der Waals surface area contributed by atoms with E-state index in [1.807, 2.05) is 60.7 Å². The van der Waals surface area contributed by atoms with Crippen molar-refractivity contribution in [2.45, 2.75) is 0 Å². The lowest BCUT2D eigenvalue weighted by molar-refractivity contribution is 0.488. The standard InChI is InChI=1S/C23H18FN3O/c24-16-9-11-17(12-10-16)26-15-20(25)22-14-13-19-21(27-22)7-4-8-23(19)28-18-5-2-1-3-6-18/h1-15,26H,25H2/b20-15-. The van der Waals surface area contributed by atoms with Crippen molar-refractivity contribution in [1.29, 1.82) is 0 Å². The van der Waals surface area contributed by atoms with Crippen molar-refractivity contribution in [1.82, 2.24) is 4.98 Å². The van der Waals surface area contributed by atoms with Crippen LogP contribution in [0.1, 0.15) is 5.69 Å². The molecule has 1 aromatic heterocycles. The van der Waals surface area contributed by atoms with Crippen LogP contribution in [0, 0.1) is 5.82 Å². The molecule has 28 heavy (non-hydrogen) atoms. The van der Waals surface area contributed by atoms with Gasteiger partial charge in [0.15, 0.2) is 0 Å². The molecule has 4 rings (SSSR count). The Hall–Kier alpha value is -3.86. The van der Waals surface area contributed by atoms with Crippen molar-refractivity contribution < 1.29 is 9.13 Å². The van der Waals surface area contributed by atoms with E-state index < -0.39 is 0 Å². The van der Waals surface area contributed by atoms with Gasteiger partial charge in [-0.1, -0.05) is 24.3 Å². The Morgan fingerprint density at radius 2 is 1.68 bits per heavy atom. The molecule has 4 nitrogen and oxygen atoms in total. The predicted molar refractivity (Wildman–Crippen MR) is 110 cm³/mol. The second-order valence-electron chi connectivity index (χ2n) is 6.19. The van der Waals surface area contributed by atoms with Gasteiger partial charge in [-0.15, -0.1) is 0 Å². The summed E-state index contributed by atoms with van der Waals surface area (Å²) in [6.07, 6.45) is 1.64. The number of nitrogens with one attached hydrogen (secondary N) is 1. The summed E-state index contributed by atoms with van der Waals surface area (Å²) in [5.74, 6) is 1.21. The second kappa shape index (κ2) is 7.80. The Labute approximate surface area is 162 Å². The van der Waals surface area contributed by atoms with Crippen molar-refractivity contribution in [3.8, 4) is 11.5 Å². The fourth-order valence-corrected chi connectivity index (χ4v) is 2.77. The number of hydrogen-bond acceptors (Lipinski definition) is 4. The molecule has 3 N–H and O–H groups in total. The summed E-state index contributed by atoms with van der Waals surface area (Å²) in [6, 6.07) is 25.2. The van der Waals surface area contributed by atoms with Crippen LogP contribution >= 0.6 is 0 Å². The fraction of sp³-hybridized carbons (Fsp3) is 0. The van der Waals surface area contributed by atoms with Gasteiger partial charge in [0.05, 0.1) is 16.9 Å². The second-order valence-corrected chi connectivity index (χ2v) is 6.19. The molecule has 1 heterocycles. The quantitative estimate of drug-likeness (QED) is 0.484. The number of rotatable bonds is 5. The zero-order valence-corrected chi connectivity index (χ0v) is 15.0. The van der Waals surface area contributed by atoms with Crippen molar-refractivity contribution in [3.63, 3.8) is 0 Å². The molecule has 4 aromatic rings. The number of benzene rings is 3. The highest BCUT2D eigenvalue weighted by Crippen LogP contribution is 2.29. The van der Waals surface area contributed by atoms with Crippen molar-refractivity contribution in [2.24, 2.45) is 5.73 Å².